The van der Waals surface area contributed by atoms with Crippen molar-refractivity contribution in [2.24, 2.45) is 0 Å². The highest BCUT2D eigenvalue weighted by Crippen LogP contribution is 2.32. The number of nitrogens with zero attached hydrogens (tertiary/aromatic N) is 1. The van der Waals surface area contributed by atoms with Crippen LogP contribution in [0.3, 0.4) is 0 Å². The Kier molecular flexibility index (Phi) is 6.02. The van der Waals surface area contributed by atoms with Crippen molar-refractivity contribution in [2.75, 3.05) is 13.2 Å². The third kappa shape index (κ3) is 4.44. The van der Waals surface area contributed by atoms with Crippen LogP contribution in [0.15, 0.2) is 24.4 Å². The summed E-state index contributed by atoms with van der Waals surface area (Å²) in [7, 11) is 0. The van der Waals surface area contributed by atoms with Crippen LogP contribution in [0, 0.1) is 6.92 Å². The lowest BCUT2D eigenvalue weighted by atomic mass is 10.2. The second-order valence-corrected chi connectivity index (χ2v) is 5.91. The van der Waals surface area contributed by atoms with Gasteiger partial charge < -0.3 is 14.8 Å². The van der Waals surface area contributed by atoms with E-state index in [0.29, 0.717) is 13.2 Å². The van der Waals surface area contributed by atoms with E-state index in [4.69, 9.17) is 9.47 Å². The Hall–Kier alpha value is -1.59. The minimum absolute atomic E-state index is 0.523. The minimum Gasteiger partial charge on any atom is -0.490 e. The summed E-state index contributed by atoms with van der Waals surface area (Å²) >= 11 is 1.66. The summed E-state index contributed by atoms with van der Waals surface area (Å²) in [5.74, 6) is 1.63. The molecule has 0 atom stereocenters. The van der Waals surface area contributed by atoms with Crippen LogP contribution in [0.5, 0.6) is 11.5 Å². The van der Waals surface area contributed by atoms with Gasteiger partial charge in [0.1, 0.15) is 6.61 Å². The maximum atomic E-state index is 6.02. The Morgan fingerprint density at radius 1 is 1.24 bits per heavy atom. The highest BCUT2D eigenvalue weighted by atomic mass is 32.1. The summed E-state index contributed by atoms with van der Waals surface area (Å²) in [4.78, 5) is 5.37. The predicted octanol–water partition coefficient (Wildman–Crippen LogP) is 3.54. The molecule has 1 aromatic carbocycles. The predicted molar refractivity (Wildman–Crippen MR) is 86.2 cm³/mol. The van der Waals surface area contributed by atoms with E-state index < -0.39 is 0 Å². The number of aryl methyl sites for hydroxylation is 1. The van der Waals surface area contributed by atoms with Crippen molar-refractivity contribution in [1.29, 1.82) is 0 Å². The first-order valence-electron chi connectivity index (χ1n) is 7.24. The fourth-order valence-corrected chi connectivity index (χ4v) is 2.72. The number of nitrogens with one attached hydrogen (secondary N) is 1. The van der Waals surface area contributed by atoms with Crippen LogP contribution in [0.4, 0.5) is 0 Å². The number of thiazole rings is 1. The Morgan fingerprint density at radius 3 is 2.76 bits per heavy atom. The highest BCUT2D eigenvalue weighted by molar-refractivity contribution is 7.11. The van der Waals surface area contributed by atoms with Gasteiger partial charge in [0.05, 0.1) is 16.5 Å². The lowest BCUT2D eigenvalue weighted by Crippen LogP contribution is -2.13. The van der Waals surface area contributed by atoms with Crippen LogP contribution in [-0.2, 0) is 13.2 Å². The van der Waals surface area contributed by atoms with Crippen molar-refractivity contribution in [3.63, 3.8) is 0 Å². The maximum Gasteiger partial charge on any atom is 0.166 e. The van der Waals surface area contributed by atoms with E-state index in [-0.39, 0.29) is 0 Å². The van der Waals surface area contributed by atoms with Gasteiger partial charge >= 0.3 is 0 Å². The van der Waals surface area contributed by atoms with Gasteiger partial charge in [0.2, 0.25) is 0 Å². The zero-order valence-corrected chi connectivity index (χ0v) is 13.6. The number of para-hydroxylation sites is 1. The van der Waals surface area contributed by atoms with E-state index in [0.717, 1.165) is 40.0 Å². The van der Waals surface area contributed by atoms with Crippen molar-refractivity contribution >= 4 is 11.3 Å². The molecule has 2 rings (SSSR count). The van der Waals surface area contributed by atoms with E-state index >= 15 is 0 Å². The SMILES string of the molecule is CCNCc1cccc(OCC)c1OCc1cnc(C)s1. The maximum absolute atomic E-state index is 6.02. The average Bonchev–Trinajstić information content (AvgIpc) is 2.90. The molecule has 0 radical (unpaired) electrons. The molecule has 0 saturated heterocycles. The number of aromatic nitrogens is 1. The molecule has 4 nitrogen and oxygen atoms in total. The van der Waals surface area contributed by atoms with Crippen molar-refractivity contribution < 1.29 is 9.47 Å². The van der Waals surface area contributed by atoms with E-state index in [2.05, 4.69) is 23.3 Å². The summed E-state index contributed by atoms with van der Waals surface area (Å²) in [6, 6.07) is 6.02. The summed E-state index contributed by atoms with van der Waals surface area (Å²) in [6.07, 6.45) is 1.87. The van der Waals surface area contributed by atoms with Gasteiger partial charge in [-0.3, -0.25) is 0 Å². The molecule has 21 heavy (non-hydrogen) atoms. The monoisotopic (exact) mass is 306 g/mol. The van der Waals surface area contributed by atoms with Crippen LogP contribution in [-0.4, -0.2) is 18.1 Å². The number of ether oxygens (including phenoxy) is 2. The van der Waals surface area contributed by atoms with Gasteiger partial charge in [0.25, 0.3) is 0 Å². The highest BCUT2D eigenvalue weighted by Gasteiger charge is 2.11. The summed E-state index contributed by atoms with van der Waals surface area (Å²) < 4.78 is 11.7. The van der Waals surface area contributed by atoms with Crippen LogP contribution < -0.4 is 14.8 Å². The standard InChI is InChI=1S/C16H22N2O2S/c1-4-17-9-13-7-6-8-15(19-5-2)16(13)20-11-14-10-18-12(3)21-14/h6-8,10,17H,4-5,9,11H2,1-3H3. The number of benzene rings is 1. The minimum atomic E-state index is 0.523. The molecule has 0 unspecified atom stereocenters. The first-order chi connectivity index (χ1) is 10.2. The molecule has 0 aliphatic rings. The molecule has 0 spiro atoms. The fraction of sp³-hybridized carbons (Fsp3) is 0.438. The lowest BCUT2D eigenvalue weighted by Gasteiger charge is -2.15. The molecule has 0 aliphatic heterocycles. The second kappa shape index (κ2) is 8.00. The second-order valence-electron chi connectivity index (χ2n) is 4.59. The first kappa shape index (κ1) is 15.8. The van der Waals surface area contributed by atoms with E-state index in [1.54, 1.807) is 11.3 Å². The molecule has 0 aliphatic carbocycles. The van der Waals surface area contributed by atoms with Gasteiger partial charge in [-0.15, -0.1) is 11.3 Å². The lowest BCUT2D eigenvalue weighted by molar-refractivity contribution is 0.268. The summed E-state index contributed by atoms with van der Waals surface area (Å²) in [5, 5.41) is 4.39. The van der Waals surface area contributed by atoms with Gasteiger partial charge in [-0.05, 0) is 26.5 Å². The zero-order chi connectivity index (χ0) is 15.1. The van der Waals surface area contributed by atoms with Crippen molar-refractivity contribution in [3.05, 3.63) is 39.8 Å². The normalized spacial score (nSPS) is 10.6. The molecule has 1 aromatic heterocycles. The fourth-order valence-electron chi connectivity index (χ4n) is 2.01. The molecular formula is C16H22N2O2S. The number of hydrogen-bond donors (Lipinski definition) is 1. The van der Waals surface area contributed by atoms with E-state index in [1.165, 1.54) is 0 Å². The molecule has 0 saturated carbocycles. The Morgan fingerprint density at radius 2 is 2.10 bits per heavy atom. The zero-order valence-electron chi connectivity index (χ0n) is 12.8. The molecule has 2 aromatic rings. The van der Waals surface area contributed by atoms with Crippen molar-refractivity contribution in [1.82, 2.24) is 10.3 Å². The van der Waals surface area contributed by atoms with Gasteiger partial charge in [-0.1, -0.05) is 19.1 Å². The molecule has 1 N–H and O–H groups in total. The average molecular weight is 306 g/mol. The van der Waals surface area contributed by atoms with E-state index in [9.17, 15) is 0 Å². The van der Waals surface area contributed by atoms with Crippen molar-refractivity contribution in [3.8, 4) is 11.5 Å². The number of rotatable bonds is 8. The molecule has 1 heterocycles. The molecule has 5 heteroatoms. The first-order valence-corrected chi connectivity index (χ1v) is 8.05. The number of hydrogen-bond acceptors (Lipinski definition) is 5. The van der Waals surface area contributed by atoms with Crippen LogP contribution >= 0.6 is 11.3 Å². The van der Waals surface area contributed by atoms with Crippen LogP contribution in [0.25, 0.3) is 0 Å². The van der Waals surface area contributed by atoms with Crippen molar-refractivity contribution in [2.45, 2.75) is 33.9 Å². The van der Waals surface area contributed by atoms with Crippen LogP contribution in [0.1, 0.15) is 29.3 Å². The molecule has 114 valence electrons. The van der Waals surface area contributed by atoms with Crippen LogP contribution in [0.2, 0.25) is 0 Å². The molecule has 0 fully saturated rings. The third-order valence-corrected chi connectivity index (χ3v) is 3.84. The molecular weight excluding hydrogens is 284 g/mol. The van der Waals surface area contributed by atoms with E-state index in [1.807, 2.05) is 32.2 Å². The largest absolute Gasteiger partial charge is 0.490 e. The third-order valence-electron chi connectivity index (χ3n) is 2.95. The Balaban J connectivity index is 2.16. The Bertz CT molecular complexity index is 569. The summed E-state index contributed by atoms with van der Waals surface area (Å²) in [6.45, 7) is 8.91. The van der Waals surface area contributed by atoms with Gasteiger partial charge in [-0.2, -0.15) is 0 Å². The quantitative estimate of drug-likeness (QED) is 0.810. The summed E-state index contributed by atoms with van der Waals surface area (Å²) in [5.41, 5.74) is 1.11. The molecule has 0 amide bonds. The topological polar surface area (TPSA) is 43.4 Å². The molecule has 0 bridgehead atoms. The Labute approximate surface area is 130 Å². The smallest absolute Gasteiger partial charge is 0.166 e. The van der Waals surface area contributed by atoms with Gasteiger partial charge in [0, 0.05) is 18.3 Å². The van der Waals surface area contributed by atoms with Gasteiger partial charge in [0.15, 0.2) is 11.5 Å². The van der Waals surface area contributed by atoms with Gasteiger partial charge in [-0.25, -0.2) is 4.98 Å².